The molecular weight excluding hydrogens is 378 g/mol. The molecule has 2 amide bonds. The predicted octanol–water partition coefficient (Wildman–Crippen LogP) is 3.87. The third kappa shape index (κ3) is 2.92. The largest absolute Gasteiger partial charge is 0.463 e. The first-order valence-corrected chi connectivity index (χ1v) is 9.49. The first-order chi connectivity index (χ1) is 13.5. The number of carbonyl (C=O) groups excluding carboxylic acids is 3. The molecule has 4 rings (SSSR count). The minimum atomic E-state index is -0.701. The van der Waals surface area contributed by atoms with Gasteiger partial charge in [-0.3, -0.25) is 9.59 Å². The molecule has 2 atom stereocenters. The quantitative estimate of drug-likeness (QED) is 0.582. The molecule has 2 aromatic rings. The van der Waals surface area contributed by atoms with Crippen LogP contribution < -0.4 is 4.90 Å². The van der Waals surface area contributed by atoms with Gasteiger partial charge in [0.05, 0.1) is 24.1 Å². The van der Waals surface area contributed by atoms with E-state index in [4.69, 9.17) is 16.3 Å². The van der Waals surface area contributed by atoms with Crippen LogP contribution >= 0.6 is 11.6 Å². The second kappa shape index (κ2) is 7.24. The maximum atomic E-state index is 13.3. The summed E-state index contributed by atoms with van der Waals surface area (Å²) < 4.78 is 5.19. The first-order valence-electron chi connectivity index (χ1n) is 9.12. The van der Waals surface area contributed by atoms with Crippen LogP contribution in [0.15, 0.2) is 60.2 Å². The van der Waals surface area contributed by atoms with Crippen LogP contribution in [0.2, 0.25) is 5.02 Å². The number of imide groups is 1. The van der Waals surface area contributed by atoms with Crippen LogP contribution in [0.1, 0.15) is 18.9 Å². The van der Waals surface area contributed by atoms with Crippen LogP contribution in [0.5, 0.6) is 0 Å². The van der Waals surface area contributed by atoms with Crippen LogP contribution in [0.25, 0.3) is 5.57 Å². The van der Waals surface area contributed by atoms with Crippen molar-refractivity contribution in [1.82, 2.24) is 0 Å². The lowest BCUT2D eigenvalue weighted by molar-refractivity contribution is -0.138. The molecule has 0 spiro atoms. The summed E-state index contributed by atoms with van der Waals surface area (Å²) in [5.41, 5.74) is 2.21. The number of para-hydroxylation sites is 1. The van der Waals surface area contributed by atoms with Gasteiger partial charge in [0, 0.05) is 10.6 Å². The molecule has 142 valence electrons. The second-order valence-electron chi connectivity index (χ2n) is 6.76. The van der Waals surface area contributed by atoms with Crippen LogP contribution in [0.4, 0.5) is 5.69 Å². The molecule has 0 aromatic heterocycles. The molecule has 1 saturated heterocycles. The number of fused-ring (bicyclic) bond motifs is 1. The summed E-state index contributed by atoms with van der Waals surface area (Å²) in [7, 11) is 0. The van der Waals surface area contributed by atoms with Crippen LogP contribution in [-0.4, -0.2) is 24.4 Å². The molecule has 2 aromatic carbocycles. The summed E-state index contributed by atoms with van der Waals surface area (Å²) in [5.74, 6) is -2.38. The van der Waals surface area contributed by atoms with Gasteiger partial charge in [-0.1, -0.05) is 41.9 Å². The van der Waals surface area contributed by atoms with Crippen molar-refractivity contribution in [3.8, 4) is 0 Å². The van der Waals surface area contributed by atoms with Crippen LogP contribution in [0.3, 0.4) is 0 Å². The number of anilines is 1. The molecule has 1 aliphatic heterocycles. The van der Waals surface area contributed by atoms with Crippen molar-refractivity contribution >= 4 is 40.6 Å². The molecule has 1 aliphatic carbocycles. The lowest BCUT2D eigenvalue weighted by atomic mass is 9.89. The fourth-order valence-electron chi connectivity index (χ4n) is 4.00. The van der Waals surface area contributed by atoms with Gasteiger partial charge >= 0.3 is 5.97 Å². The Balaban J connectivity index is 1.81. The van der Waals surface area contributed by atoms with E-state index in [-0.39, 0.29) is 24.8 Å². The molecule has 0 radical (unpaired) electrons. The smallest absolute Gasteiger partial charge is 0.334 e. The van der Waals surface area contributed by atoms with E-state index in [2.05, 4.69) is 0 Å². The van der Waals surface area contributed by atoms with Crippen molar-refractivity contribution in [1.29, 1.82) is 0 Å². The minimum absolute atomic E-state index is 0.190. The summed E-state index contributed by atoms with van der Waals surface area (Å²) in [6.45, 7) is 1.95. The fourth-order valence-corrected chi connectivity index (χ4v) is 4.13. The van der Waals surface area contributed by atoms with E-state index in [9.17, 15) is 14.4 Å². The molecule has 0 bridgehead atoms. The van der Waals surface area contributed by atoms with Crippen molar-refractivity contribution in [2.75, 3.05) is 11.5 Å². The van der Waals surface area contributed by atoms with Crippen molar-refractivity contribution in [3.63, 3.8) is 0 Å². The third-order valence-electron chi connectivity index (χ3n) is 5.18. The number of esters is 1. The molecule has 6 heteroatoms. The van der Waals surface area contributed by atoms with E-state index >= 15 is 0 Å². The molecule has 5 nitrogen and oxygen atoms in total. The Kier molecular flexibility index (Phi) is 4.77. The highest BCUT2D eigenvalue weighted by Crippen LogP contribution is 2.49. The number of hydrogen-bond donors (Lipinski definition) is 0. The highest BCUT2D eigenvalue weighted by molar-refractivity contribution is 6.31. The van der Waals surface area contributed by atoms with Crippen molar-refractivity contribution in [2.45, 2.75) is 13.3 Å². The Morgan fingerprint density at radius 3 is 2.39 bits per heavy atom. The number of halogens is 1. The van der Waals surface area contributed by atoms with E-state index in [1.54, 1.807) is 55.5 Å². The fraction of sp³-hybridized carbons (Fsp3) is 0.227. The zero-order valence-electron chi connectivity index (χ0n) is 15.2. The Labute approximate surface area is 167 Å². The highest BCUT2D eigenvalue weighted by Gasteiger charge is 2.55. The molecule has 0 saturated carbocycles. The summed E-state index contributed by atoms with van der Waals surface area (Å²) in [6, 6.07) is 15.8. The third-order valence-corrected chi connectivity index (χ3v) is 5.43. The lowest BCUT2D eigenvalue weighted by Crippen LogP contribution is -2.32. The SMILES string of the molecule is CCOC(=O)C1=C(c2ccc(Cl)cc2)[C@H]2C(=O)N(c3ccccc3)C(=O)[C@H]2C1. The number of amides is 2. The number of benzene rings is 2. The Bertz CT molecular complexity index is 981. The standard InChI is InChI=1S/C22H18ClNO4/c1-2-28-22(27)17-12-16-19(18(17)13-8-10-14(23)11-9-13)21(26)24(20(16)25)15-6-4-3-5-7-15/h3-11,16,19H,2,12H2,1H3/t16-,19-/m0/s1. The average Bonchev–Trinajstić information content (AvgIpc) is 3.20. The van der Waals surface area contributed by atoms with E-state index in [0.29, 0.717) is 27.4 Å². The monoisotopic (exact) mass is 395 g/mol. The van der Waals surface area contributed by atoms with Crippen LogP contribution in [-0.2, 0) is 19.1 Å². The number of carbonyl (C=O) groups is 3. The number of nitrogens with zero attached hydrogens (tertiary/aromatic N) is 1. The first kappa shape index (κ1) is 18.4. The van der Waals surface area contributed by atoms with Crippen molar-refractivity contribution in [2.24, 2.45) is 11.8 Å². The van der Waals surface area contributed by atoms with Crippen molar-refractivity contribution < 1.29 is 19.1 Å². The molecule has 28 heavy (non-hydrogen) atoms. The maximum absolute atomic E-state index is 13.3. The molecule has 1 heterocycles. The molecular formula is C22H18ClNO4. The summed E-state index contributed by atoms with van der Waals surface area (Å²) >= 11 is 6.00. The number of hydrogen-bond acceptors (Lipinski definition) is 4. The van der Waals surface area contributed by atoms with E-state index < -0.39 is 17.8 Å². The van der Waals surface area contributed by atoms with Gasteiger partial charge in [-0.15, -0.1) is 0 Å². The maximum Gasteiger partial charge on any atom is 0.334 e. The van der Waals surface area contributed by atoms with Gasteiger partial charge in [0.1, 0.15) is 0 Å². The zero-order valence-corrected chi connectivity index (χ0v) is 16.0. The van der Waals surface area contributed by atoms with Gasteiger partial charge in [0.25, 0.3) is 0 Å². The van der Waals surface area contributed by atoms with E-state index in [1.807, 2.05) is 6.07 Å². The van der Waals surface area contributed by atoms with Gasteiger partial charge in [-0.05, 0) is 48.7 Å². The van der Waals surface area contributed by atoms with Gasteiger partial charge in [0.15, 0.2) is 0 Å². The minimum Gasteiger partial charge on any atom is -0.463 e. The molecule has 0 unspecified atom stereocenters. The van der Waals surface area contributed by atoms with Gasteiger partial charge < -0.3 is 4.74 Å². The predicted molar refractivity (Wildman–Crippen MR) is 106 cm³/mol. The Hall–Kier alpha value is -2.92. The summed E-state index contributed by atoms with van der Waals surface area (Å²) in [4.78, 5) is 40.1. The highest BCUT2D eigenvalue weighted by atomic mass is 35.5. The lowest BCUT2D eigenvalue weighted by Gasteiger charge is -2.18. The van der Waals surface area contributed by atoms with Gasteiger partial charge in [0.2, 0.25) is 11.8 Å². The summed E-state index contributed by atoms with van der Waals surface area (Å²) in [6.07, 6.45) is 0.190. The van der Waals surface area contributed by atoms with Crippen molar-refractivity contribution in [3.05, 3.63) is 70.8 Å². The van der Waals surface area contributed by atoms with Gasteiger partial charge in [-0.2, -0.15) is 0 Å². The number of rotatable bonds is 4. The zero-order chi connectivity index (χ0) is 19.8. The van der Waals surface area contributed by atoms with Crippen LogP contribution in [0, 0.1) is 11.8 Å². The second-order valence-corrected chi connectivity index (χ2v) is 7.19. The molecule has 1 fully saturated rings. The Morgan fingerprint density at radius 1 is 1.07 bits per heavy atom. The average molecular weight is 396 g/mol. The number of ether oxygens (including phenoxy) is 1. The van der Waals surface area contributed by atoms with E-state index in [0.717, 1.165) is 0 Å². The molecule has 2 aliphatic rings. The topological polar surface area (TPSA) is 63.7 Å². The Morgan fingerprint density at radius 2 is 1.75 bits per heavy atom. The summed E-state index contributed by atoms with van der Waals surface area (Å²) in [5, 5.41) is 0.552. The van der Waals surface area contributed by atoms with E-state index in [1.165, 1.54) is 4.90 Å². The normalized spacial score (nSPS) is 21.3. The molecule has 0 N–H and O–H groups in total. The van der Waals surface area contributed by atoms with Gasteiger partial charge in [-0.25, -0.2) is 9.69 Å².